The van der Waals surface area contributed by atoms with Crippen LogP contribution in [-0.2, 0) is 9.68 Å². The molecule has 2 aromatic rings. The Morgan fingerprint density at radius 3 is 2.92 bits per heavy atom. The highest BCUT2D eigenvalue weighted by atomic mass is 32.2. The van der Waals surface area contributed by atoms with Crippen molar-refractivity contribution in [2.75, 3.05) is 19.5 Å². The third kappa shape index (κ3) is 3.83. The summed E-state index contributed by atoms with van der Waals surface area (Å²) in [6.45, 7) is 2.45. The molecule has 1 aliphatic rings. The number of rotatable bonds is 5. The zero-order valence-corrected chi connectivity index (χ0v) is 14.1. The van der Waals surface area contributed by atoms with E-state index in [4.69, 9.17) is 14.4 Å². The van der Waals surface area contributed by atoms with E-state index in [9.17, 15) is 0 Å². The molecule has 2 heterocycles. The molecule has 1 aromatic carbocycles. The molecule has 1 aromatic heterocycles. The molecular formula is C16H16N4O3S. The van der Waals surface area contributed by atoms with Gasteiger partial charge in [0.15, 0.2) is 5.04 Å². The predicted molar refractivity (Wildman–Crippen MR) is 92.7 cm³/mol. The minimum atomic E-state index is 0.459. The van der Waals surface area contributed by atoms with Crippen molar-refractivity contribution >= 4 is 22.5 Å². The molecule has 1 aliphatic heterocycles. The summed E-state index contributed by atoms with van der Waals surface area (Å²) in [5.74, 6) is 1.86. The summed E-state index contributed by atoms with van der Waals surface area (Å²) >= 11 is 1.56. The van der Waals surface area contributed by atoms with Crippen LogP contribution in [0.15, 0.2) is 47.0 Å². The van der Waals surface area contributed by atoms with Crippen LogP contribution in [0.5, 0.6) is 11.6 Å². The summed E-state index contributed by atoms with van der Waals surface area (Å²) in [6.07, 6.45) is 1.46. The van der Waals surface area contributed by atoms with Crippen molar-refractivity contribution in [1.29, 1.82) is 0 Å². The predicted octanol–water partition coefficient (Wildman–Crippen LogP) is 3.00. The van der Waals surface area contributed by atoms with Crippen molar-refractivity contribution < 1.29 is 14.4 Å². The molecule has 3 rings (SSSR count). The molecule has 124 valence electrons. The summed E-state index contributed by atoms with van der Waals surface area (Å²) < 4.78 is 5.92. The van der Waals surface area contributed by atoms with E-state index in [0.29, 0.717) is 29.0 Å². The van der Waals surface area contributed by atoms with Crippen LogP contribution in [0.1, 0.15) is 11.3 Å². The lowest BCUT2D eigenvalue weighted by Gasteiger charge is -2.15. The maximum atomic E-state index is 5.92. The summed E-state index contributed by atoms with van der Waals surface area (Å²) in [4.78, 5) is 18.4. The summed E-state index contributed by atoms with van der Waals surface area (Å²) in [5, 5.41) is 8.84. The molecule has 0 atom stereocenters. The average Bonchev–Trinajstić information content (AvgIpc) is 2.61. The normalized spacial score (nSPS) is 14.6. The van der Waals surface area contributed by atoms with Gasteiger partial charge in [-0.05, 0) is 19.1 Å². The second kappa shape index (κ2) is 7.78. The fraction of sp³-hybridized carbons (Fsp3) is 0.250. The number of aromatic nitrogens is 2. The van der Waals surface area contributed by atoms with E-state index in [-0.39, 0.29) is 0 Å². The van der Waals surface area contributed by atoms with Crippen LogP contribution in [0.25, 0.3) is 0 Å². The van der Waals surface area contributed by atoms with Crippen LogP contribution in [0.2, 0.25) is 0 Å². The van der Waals surface area contributed by atoms with E-state index in [1.54, 1.807) is 17.8 Å². The van der Waals surface area contributed by atoms with Gasteiger partial charge in [0, 0.05) is 23.1 Å². The van der Waals surface area contributed by atoms with E-state index in [0.717, 1.165) is 17.0 Å². The molecule has 0 radical (unpaired) electrons. The maximum absolute atomic E-state index is 5.92. The standard InChI is InChI=1S/C16H16N4O3S/c1-11-9-14(18-10-17-11)23-13-6-4-3-5-12(13)15(19-21-2)16-20-22-7-8-24-16/h3-6,9-10H,7-8H2,1-2H3/b19-15+. The first-order chi connectivity index (χ1) is 11.8. The van der Waals surface area contributed by atoms with Gasteiger partial charge in [-0.2, -0.15) is 0 Å². The zero-order valence-electron chi connectivity index (χ0n) is 13.3. The minimum absolute atomic E-state index is 0.459. The Labute approximate surface area is 143 Å². The Kier molecular flexibility index (Phi) is 5.27. The third-order valence-corrected chi connectivity index (χ3v) is 3.99. The number of oxime groups is 2. The van der Waals surface area contributed by atoms with Crippen molar-refractivity contribution in [2.45, 2.75) is 6.92 Å². The van der Waals surface area contributed by atoms with Gasteiger partial charge in [0.25, 0.3) is 0 Å². The highest BCUT2D eigenvalue weighted by molar-refractivity contribution is 8.15. The van der Waals surface area contributed by atoms with Gasteiger partial charge in [-0.3, -0.25) is 0 Å². The van der Waals surface area contributed by atoms with Gasteiger partial charge < -0.3 is 14.4 Å². The van der Waals surface area contributed by atoms with Crippen molar-refractivity contribution in [3.05, 3.63) is 47.9 Å². The van der Waals surface area contributed by atoms with E-state index >= 15 is 0 Å². The molecule has 0 spiro atoms. The van der Waals surface area contributed by atoms with Crippen LogP contribution >= 0.6 is 11.8 Å². The number of benzene rings is 1. The second-order valence-electron chi connectivity index (χ2n) is 4.80. The van der Waals surface area contributed by atoms with Crippen LogP contribution in [0, 0.1) is 6.92 Å². The Balaban J connectivity index is 1.97. The molecule has 0 saturated carbocycles. The van der Waals surface area contributed by atoms with Gasteiger partial charge in [-0.15, -0.1) is 0 Å². The first-order valence-corrected chi connectivity index (χ1v) is 8.26. The Hall–Kier alpha value is -2.61. The van der Waals surface area contributed by atoms with Gasteiger partial charge in [-0.1, -0.05) is 34.2 Å². The SMILES string of the molecule is CO/N=C(/C1=NOCCS1)c1ccccc1Oc1cc(C)ncn1. The molecule has 0 unspecified atom stereocenters. The van der Waals surface area contributed by atoms with E-state index in [1.807, 2.05) is 31.2 Å². The topological polar surface area (TPSA) is 78.2 Å². The van der Waals surface area contributed by atoms with Gasteiger partial charge in [0.1, 0.15) is 31.5 Å². The van der Waals surface area contributed by atoms with E-state index in [1.165, 1.54) is 13.4 Å². The maximum Gasteiger partial charge on any atom is 0.222 e. The first kappa shape index (κ1) is 16.3. The van der Waals surface area contributed by atoms with Gasteiger partial charge in [0.05, 0.1) is 0 Å². The zero-order chi connectivity index (χ0) is 16.8. The van der Waals surface area contributed by atoms with Crippen LogP contribution < -0.4 is 4.74 Å². The molecule has 0 bridgehead atoms. The lowest BCUT2D eigenvalue weighted by molar-refractivity contribution is 0.160. The van der Waals surface area contributed by atoms with Crippen LogP contribution in [-0.4, -0.2) is 40.2 Å². The summed E-state index contributed by atoms with van der Waals surface area (Å²) in [7, 11) is 1.49. The Morgan fingerprint density at radius 2 is 2.17 bits per heavy atom. The quantitative estimate of drug-likeness (QED) is 0.613. The summed E-state index contributed by atoms with van der Waals surface area (Å²) in [6, 6.07) is 9.27. The lowest BCUT2D eigenvalue weighted by Crippen LogP contribution is -2.19. The second-order valence-corrected chi connectivity index (χ2v) is 5.88. The number of para-hydroxylation sites is 1. The molecule has 7 nitrogen and oxygen atoms in total. The first-order valence-electron chi connectivity index (χ1n) is 7.28. The Morgan fingerprint density at radius 1 is 1.29 bits per heavy atom. The smallest absolute Gasteiger partial charge is 0.222 e. The van der Waals surface area contributed by atoms with Crippen molar-refractivity contribution in [3.8, 4) is 11.6 Å². The minimum Gasteiger partial charge on any atom is -0.438 e. The van der Waals surface area contributed by atoms with E-state index in [2.05, 4.69) is 20.3 Å². The van der Waals surface area contributed by atoms with E-state index < -0.39 is 0 Å². The van der Waals surface area contributed by atoms with Crippen LogP contribution in [0.4, 0.5) is 0 Å². The largest absolute Gasteiger partial charge is 0.438 e. The highest BCUT2D eigenvalue weighted by Crippen LogP contribution is 2.27. The number of hydrogen-bond acceptors (Lipinski definition) is 8. The molecule has 8 heteroatoms. The fourth-order valence-electron chi connectivity index (χ4n) is 2.06. The number of nitrogens with zero attached hydrogens (tertiary/aromatic N) is 4. The molecule has 0 amide bonds. The molecule has 0 aliphatic carbocycles. The molecule has 0 N–H and O–H groups in total. The monoisotopic (exact) mass is 344 g/mol. The molecular weight excluding hydrogens is 328 g/mol. The number of ether oxygens (including phenoxy) is 1. The Bertz CT molecular complexity index is 779. The number of hydrogen-bond donors (Lipinski definition) is 0. The number of thioether (sulfide) groups is 1. The van der Waals surface area contributed by atoms with Crippen LogP contribution in [0.3, 0.4) is 0 Å². The molecule has 0 fully saturated rings. The highest BCUT2D eigenvalue weighted by Gasteiger charge is 2.21. The number of aryl methyl sites for hydroxylation is 1. The van der Waals surface area contributed by atoms with Gasteiger partial charge >= 0.3 is 0 Å². The van der Waals surface area contributed by atoms with Gasteiger partial charge in [-0.25, -0.2) is 9.97 Å². The average molecular weight is 344 g/mol. The molecule has 0 saturated heterocycles. The fourth-order valence-corrected chi connectivity index (χ4v) is 2.80. The van der Waals surface area contributed by atoms with Gasteiger partial charge in [0.2, 0.25) is 5.88 Å². The van der Waals surface area contributed by atoms with Crippen molar-refractivity contribution in [2.24, 2.45) is 10.3 Å². The molecule has 24 heavy (non-hydrogen) atoms. The van der Waals surface area contributed by atoms with Crippen molar-refractivity contribution in [1.82, 2.24) is 9.97 Å². The summed E-state index contributed by atoms with van der Waals surface area (Å²) in [5.41, 5.74) is 2.12. The third-order valence-electron chi connectivity index (χ3n) is 3.08. The lowest BCUT2D eigenvalue weighted by atomic mass is 10.1. The van der Waals surface area contributed by atoms with Crippen molar-refractivity contribution in [3.63, 3.8) is 0 Å².